The second-order valence-electron chi connectivity index (χ2n) is 5.32. The second-order valence-corrected chi connectivity index (χ2v) is 5.32. The van der Waals surface area contributed by atoms with Crippen LogP contribution in [-0.2, 0) is 4.79 Å². The van der Waals surface area contributed by atoms with Gasteiger partial charge in [0.15, 0.2) is 0 Å². The highest BCUT2D eigenvalue weighted by molar-refractivity contribution is 5.76. The summed E-state index contributed by atoms with van der Waals surface area (Å²) in [6, 6.07) is 10.2. The molecule has 0 aromatic heterocycles. The number of ether oxygens (including phenoxy) is 1. The molecule has 2 unspecified atom stereocenters. The topological polar surface area (TPSA) is 50.4 Å². The van der Waals surface area contributed by atoms with Crippen molar-refractivity contribution in [3.63, 3.8) is 0 Å². The Kier molecular flexibility index (Phi) is 5.87. The summed E-state index contributed by atoms with van der Waals surface area (Å²) in [6.07, 6.45) is 4.02. The van der Waals surface area contributed by atoms with Crippen LogP contribution in [0.2, 0.25) is 0 Å². The normalized spacial score (nSPS) is 20.1. The quantitative estimate of drug-likeness (QED) is 0.836. The number of nitrogens with one attached hydrogen (secondary N) is 2. The summed E-state index contributed by atoms with van der Waals surface area (Å²) in [5, 5.41) is 6.51. The summed E-state index contributed by atoms with van der Waals surface area (Å²) < 4.78 is 5.53. The van der Waals surface area contributed by atoms with Gasteiger partial charge in [0, 0.05) is 12.1 Å². The molecule has 0 aliphatic carbocycles. The van der Waals surface area contributed by atoms with Crippen molar-refractivity contribution >= 4 is 5.91 Å². The van der Waals surface area contributed by atoms with Gasteiger partial charge in [-0.3, -0.25) is 4.79 Å². The Morgan fingerprint density at radius 1 is 1.40 bits per heavy atom. The van der Waals surface area contributed by atoms with Gasteiger partial charge < -0.3 is 15.4 Å². The molecule has 1 aromatic rings. The summed E-state index contributed by atoms with van der Waals surface area (Å²) in [7, 11) is 0. The molecule has 0 spiro atoms. The average molecular weight is 276 g/mol. The molecular formula is C16H24N2O2. The lowest BCUT2D eigenvalue weighted by Crippen LogP contribution is -2.50. The highest BCUT2D eigenvalue weighted by atomic mass is 16.5. The van der Waals surface area contributed by atoms with E-state index < -0.39 is 0 Å². The number of piperidine rings is 1. The van der Waals surface area contributed by atoms with Crippen LogP contribution < -0.4 is 15.4 Å². The lowest BCUT2D eigenvalue weighted by atomic mass is 9.99. The van der Waals surface area contributed by atoms with Crippen LogP contribution in [0.4, 0.5) is 0 Å². The molecule has 1 aliphatic rings. The van der Waals surface area contributed by atoms with Gasteiger partial charge in [-0.1, -0.05) is 24.6 Å². The Balaban J connectivity index is 1.64. The molecule has 1 fully saturated rings. The summed E-state index contributed by atoms with van der Waals surface area (Å²) in [6.45, 7) is 3.54. The van der Waals surface area contributed by atoms with E-state index in [0.717, 1.165) is 18.7 Å². The van der Waals surface area contributed by atoms with Crippen LogP contribution in [0.1, 0.15) is 32.6 Å². The number of para-hydroxylation sites is 1. The minimum atomic E-state index is 0.0563. The van der Waals surface area contributed by atoms with Gasteiger partial charge in [-0.2, -0.15) is 0 Å². The van der Waals surface area contributed by atoms with Gasteiger partial charge >= 0.3 is 0 Å². The Labute approximate surface area is 120 Å². The molecular weight excluding hydrogens is 252 g/mol. The van der Waals surface area contributed by atoms with Gasteiger partial charge in [-0.05, 0) is 38.4 Å². The molecule has 2 rings (SSSR count). The number of amides is 1. The SMILES string of the molecule is CC(NC(=O)CCOc1ccccc1)C1CCCCN1. The third kappa shape index (κ3) is 4.85. The molecule has 1 aliphatic heterocycles. The van der Waals surface area contributed by atoms with Crippen LogP contribution in [0, 0.1) is 0 Å². The number of rotatable bonds is 6. The van der Waals surface area contributed by atoms with Crippen molar-refractivity contribution in [2.75, 3.05) is 13.2 Å². The number of hydrogen-bond donors (Lipinski definition) is 2. The molecule has 1 saturated heterocycles. The molecule has 2 N–H and O–H groups in total. The van der Waals surface area contributed by atoms with E-state index in [-0.39, 0.29) is 11.9 Å². The highest BCUT2D eigenvalue weighted by Gasteiger charge is 2.20. The number of hydrogen-bond acceptors (Lipinski definition) is 3. The predicted molar refractivity (Wildman–Crippen MR) is 79.8 cm³/mol. The molecule has 1 aromatic carbocycles. The van der Waals surface area contributed by atoms with E-state index in [1.54, 1.807) is 0 Å². The fourth-order valence-corrected chi connectivity index (χ4v) is 2.51. The molecule has 110 valence electrons. The maximum absolute atomic E-state index is 11.9. The summed E-state index contributed by atoms with van der Waals surface area (Å²) >= 11 is 0. The third-order valence-corrected chi connectivity index (χ3v) is 3.68. The lowest BCUT2D eigenvalue weighted by molar-refractivity contribution is -0.122. The predicted octanol–water partition coefficient (Wildman–Crippen LogP) is 2.10. The molecule has 1 amide bonds. The monoisotopic (exact) mass is 276 g/mol. The molecule has 2 atom stereocenters. The zero-order valence-corrected chi connectivity index (χ0v) is 12.1. The summed E-state index contributed by atoms with van der Waals surface area (Å²) in [4.78, 5) is 11.9. The van der Waals surface area contributed by atoms with Gasteiger partial charge in [0.1, 0.15) is 5.75 Å². The first-order chi connectivity index (χ1) is 9.75. The van der Waals surface area contributed by atoms with E-state index >= 15 is 0 Å². The second kappa shape index (κ2) is 7.90. The van der Waals surface area contributed by atoms with E-state index in [0.29, 0.717) is 19.1 Å². The maximum atomic E-state index is 11.9. The van der Waals surface area contributed by atoms with Gasteiger partial charge in [0.25, 0.3) is 0 Å². The standard InChI is InChI=1S/C16H24N2O2/c1-13(15-9-5-6-11-17-15)18-16(19)10-12-20-14-7-3-2-4-8-14/h2-4,7-8,13,15,17H,5-6,9-12H2,1H3,(H,18,19). The van der Waals surface area contributed by atoms with E-state index in [1.165, 1.54) is 12.8 Å². The van der Waals surface area contributed by atoms with Crippen molar-refractivity contribution in [3.05, 3.63) is 30.3 Å². The van der Waals surface area contributed by atoms with Crippen molar-refractivity contribution in [3.8, 4) is 5.75 Å². The van der Waals surface area contributed by atoms with E-state index in [1.807, 2.05) is 30.3 Å². The minimum Gasteiger partial charge on any atom is -0.493 e. The van der Waals surface area contributed by atoms with Crippen molar-refractivity contribution in [1.29, 1.82) is 0 Å². The minimum absolute atomic E-state index is 0.0563. The molecule has 0 bridgehead atoms. The van der Waals surface area contributed by atoms with Crippen LogP contribution in [-0.4, -0.2) is 31.1 Å². The Morgan fingerprint density at radius 3 is 2.90 bits per heavy atom. The number of carbonyl (C=O) groups excluding carboxylic acids is 1. The van der Waals surface area contributed by atoms with Crippen molar-refractivity contribution in [1.82, 2.24) is 10.6 Å². The first kappa shape index (κ1) is 14.9. The van der Waals surface area contributed by atoms with Gasteiger partial charge in [-0.15, -0.1) is 0 Å². The molecule has 20 heavy (non-hydrogen) atoms. The van der Waals surface area contributed by atoms with Gasteiger partial charge in [0.2, 0.25) is 5.91 Å². The molecule has 0 radical (unpaired) electrons. The smallest absolute Gasteiger partial charge is 0.223 e. The van der Waals surface area contributed by atoms with E-state index in [9.17, 15) is 4.79 Å². The zero-order chi connectivity index (χ0) is 14.2. The van der Waals surface area contributed by atoms with Crippen LogP contribution in [0.3, 0.4) is 0 Å². The van der Waals surface area contributed by atoms with E-state index in [4.69, 9.17) is 4.74 Å². The Morgan fingerprint density at radius 2 is 2.20 bits per heavy atom. The lowest BCUT2D eigenvalue weighted by Gasteiger charge is -2.29. The fraction of sp³-hybridized carbons (Fsp3) is 0.562. The molecule has 0 saturated carbocycles. The van der Waals surface area contributed by atoms with Crippen LogP contribution >= 0.6 is 0 Å². The highest BCUT2D eigenvalue weighted by Crippen LogP contribution is 2.11. The third-order valence-electron chi connectivity index (χ3n) is 3.68. The summed E-state index contributed by atoms with van der Waals surface area (Å²) in [5.41, 5.74) is 0. The van der Waals surface area contributed by atoms with E-state index in [2.05, 4.69) is 17.6 Å². The van der Waals surface area contributed by atoms with Crippen molar-refractivity contribution in [2.24, 2.45) is 0 Å². The van der Waals surface area contributed by atoms with Crippen LogP contribution in [0.15, 0.2) is 30.3 Å². The molecule has 1 heterocycles. The Hall–Kier alpha value is -1.55. The van der Waals surface area contributed by atoms with Gasteiger partial charge in [-0.25, -0.2) is 0 Å². The van der Waals surface area contributed by atoms with Crippen molar-refractivity contribution < 1.29 is 9.53 Å². The van der Waals surface area contributed by atoms with Crippen molar-refractivity contribution in [2.45, 2.75) is 44.7 Å². The zero-order valence-electron chi connectivity index (χ0n) is 12.1. The summed E-state index contributed by atoms with van der Waals surface area (Å²) in [5.74, 6) is 0.864. The Bertz CT molecular complexity index is 402. The number of carbonyl (C=O) groups is 1. The first-order valence-electron chi connectivity index (χ1n) is 7.46. The molecule has 4 heteroatoms. The fourth-order valence-electron chi connectivity index (χ4n) is 2.51. The maximum Gasteiger partial charge on any atom is 0.223 e. The van der Waals surface area contributed by atoms with Crippen LogP contribution in [0.25, 0.3) is 0 Å². The van der Waals surface area contributed by atoms with Gasteiger partial charge in [0.05, 0.1) is 13.0 Å². The van der Waals surface area contributed by atoms with Crippen LogP contribution in [0.5, 0.6) is 5.75 Å². The first-order valence-corrected chi connectivity index (χ1v) is 7.46. The largest absolute Gasteiger partial charge is 0.493 e. The molecule has 4 nitrogen and oxygen atoms in total. The number of benzene rings is 1. The average Bonchev–Trinajstić information content (AvgIpc) is 2.49.